The van der Waals surface area contributed by atoms with Crippen LogP contribution in [0.15, 0.2) is 53.5 Å². The van der Waals surface area contributed by atoms with Crippen LogP contribution in [0.4, 0.5) is 0 Å². The van der Waals surface area contributed by atoms with Gasteiger partial charge in [-0.05, 0) is 73.6 Å². The minimum Gasteiger partial charge on any atom is -0.493 e. The molecule has 2 atom stereocenters. The van der Waals surface area contributed by atoms with Crippen molar-refractivity contribution in [3.8, 4) is 5.75 Å². The number of rotatable bonds is 7. The van der Waals surface area contributed by atoms with Gasteiger partial charge in [-0.15, -0.1) is 0 Å². The van der Waals surface area contributed by atoms with Gasteiger partial charge >= 0.3 is 0 Å². The molecule has 7 nitrogen and oxygen atoms in total. The highest BCUT2D eigenvalue weighted by molar-refractivity contribution is 5.98. The Labute approximate surface area is 194 Å². The number of nitrogens with zero attached hydrogens (tertiary/aromatic N) is 1. The monoisotopic (exact) mass is 446 g/mol. The number of ether oxygens (including phenoxy) is 1. The van der Waals surface area contributed by atoms with E-state index < -0.39 is 0 Å². The number of fused-ring (bicyclic) bond motifs is 1. The maximum absolute atomic E-state index is 12.8. The number of aliphatic imine (C=N–C) groups is 1. The molecule has 33 heavy (non-hydrogen) atoms. The summed E-state index contributed by atoms with van der Waals surface area (Å²) in [6.45, 7) is 2.72. The van der Waals surface area contributed by atoms with Gasteiger partial charge in [0.15, 0.2) is 5.96 Å². The fourth-order valence-corrected chi connectivity index (χ4v) is 4.15. The van der Waals surface area contributed by atoms with Crippen molar-refractivity contribution in [3.63, 3.8) is 0 Å². The minimum absolute atomic E-state index is 0.0693. The van der Waals surface area contributed by atoms with Gasteiger partial charge in [0.05, 0.1) is 18.7 Å². The van der Waals surface area contributed by atoms with Crippen LogP contribution >= 0.6 is 0 Å². The number of hydrogen-bond acceptors (Lipinski definition) is 5. The summed E-state index contributed by atoms with van der Waals surface area (Å²) in [7, 11) is 0. The molecule has 2 aliphatic heterocycles. The maximum Gasteiger partial charge on any atom is 0.251 e. The molecule has 0 aliphatic carbocycles. The third-order valence-corrected chi connectivity index (χ3v) is 5.92. The Hall–Kier alpha value is -3.61. The zero-order chi connectivity index (χ0) is 23.2. The first kappa shape index (κ1) is 22.6. The van der Waals surface area contributed by atoms with Crippen molar-refractivity contribution in [1.29, 1.82) is 0 Å². The zero-order valence-electron chi connectivity index (χ0n) is 18.8. The van der Waals surface area contributed by atoms with Gasteiger partial charge in [0.2, 0.25) is 5.91 Å². The van der Waals surface area contributed by atoms with E-state index in [-0.39, 0.29) is 29.9 Å². The summed E-state index contributed by atoms with van der Waals surface area (Å²) in [6, 6.07) is 13.6. The van der Waals surface area contributed by atoms with Gasteiger partial charge in [0.25, 0.3) is 5.91 Å². The quantitative estimate of drug-likeness (QED) is 0.605. The van der Waals surface area contributed by atoms with Crippen LogP contribution in [0.5, 0.6) is 5.75 Å². The molecule has 4 N–H and O–H groups in total. The number of allylic oxidation sites excluding steroid dienone is 1. The predicted molar refractivity (Wildman–Crippen MR) is 129 cm³/mol. The van der Waals surface area contributed by atoms with E-state index in [1.54, 1.807) is 0 Å². The molecule has 2 aromatic rings. The van der Waals surface area contributed by atoms with Gasteiger partial charge in [-0.25, -0.2) is 4.99 Å². The standard InChI is InChI=1S/C26H30N4O3/c1-17(28-25(32)21-11-12-23-20(15-21)9-5-13-33-23)19-8-4-7-18(14-19)6-2-3-10-22-16-24(31)30-26(27)29-22/h2,4,6-8,11-12,14-15,17,22H,3,5,9-10,13,16H2,1H3,(H,28,32)(H3,27,29,30,31)/b6-2+. The molecule has 2 amide bonds. The lowest BCUT2D eigenvalue weighted by atomic mass is 10.0. The van der Waals surface area contributed by atoms with E-state index >= 15 is 0 Å². The van der Waals surface area contributed by atoms with E-state index in [0.29, 0.717) is 12.0 Å². The van der Waals surface area contributed by atoms with E-state index in [4.69, 9.17) is 10.5 Å². The van der Waals surface area contributed by atoms with Gasteiger partial charge in [0, 0.05) is 12.0 Å². The second-order valence-corrected chi connectivity index (χ2v) is 8.54. The first-order chi connectivity index (χ1) is 16.0. The molecule has 0 saturated carbocycles. The van der Waals surface area contributed by atoms with Gasteiger partial charge < -0.3 is 15.8 Å². The number of carbonyl (C=O) groups is 2. The van der Waals surface area contributed by atoms with Crippen molar-refractivity contribution in [2.24, 2.45) is 10.7 Å². The first-order valence-corrected chi connectivity index (χ1v) is 11.4. The number of benzene rings is 2. The first-order valence-electron chi connectivity index (χ1n) is 11.4. The van der Waals surface area contributed by atoms with E-state index in [1.165, 1.54) is 0 Å². The lowest BCUT2D eigenvalue weighted by molar-refractivity contribution is -0.120. The molecule has 2 aliphatic rings. The third kappa shape index (κ3) is 6.00. The molecule has 2 unspecified atom stereocenters. The topological polar surface area (TPSA) is 106 Å². The van der Waals surface area contributed by atoms with E-state index in [1.807, 2.05) is 43.3 Å². The second-order valence-electron chi connectivity index (χ2n) is 8.54. The van der Waals surface area contributed by atoms with Crippen LogP contribution in [-0.4, -0.2) is 30.4 Å². The molecule has 0 bridgehead atoms. The van der Waals surface area contributed by atoms with Crippen molar-refractivity contribution in [1.82, 2.24) is 10.6 Å². The Morgan fingerprint density at radius 1 is 1.33 bits per heavy atom. The molecular formula is C26H30N4O3. The van der Waals surface area contributed by atoms with Gasteiger partial charge in [0.1, 0.15) is 5.75 Å². The summed E-state index contributed by atoms with van der Waals surface area (Å²) in [5.74, 6) is 0.914. The highest BCUT2D eigenvalue weighted by Gasteiger charge is 2.18. The Morgan fingerprint density at radius 2 is 2.21 bits per heavy atom. The molecule has 7 heteroatoms. The van der Waals surface area contributed by atoms with E-state index in [2.05, 4.69) is 33.8 Å². The van der Waals surface area contributed by atoms with E-state index in [0.717, 1.165) is 54.7 Å². The molecule has 0 radical (unpaired) electrons. The van der Waals surface area contributed by atoms with Crippen molar-refractivity contribution in [2.75, 3.05) is 6.61 Å². The number of amides is 2. The molecule has 0 aromatic heterocycles. The Morgan fingerprint density at radius 3 is 3.06 bits per heavy atom. The van der Waals surface area contributed by atoms with Gasteiger partial charge in [-0.3, -0.25) is 14.9 Å². The lowest BCUT2D eigenvalue weighted by Gasteiger charge is -2.19. The van der Waals surface area contributed by atoms with Crippen molar-refractivity contribution in [2.45, 2.75) is 51.1 Å². The largest absolute Gasteiger partial charge is 0.493 e. The maximum atomic E-state index is 12.8. The summed E-state index contributed by atoms with van der Waals surface area (Å²) in [4.78, 5) is 28.6. The average Bonchev–Trinajstić information content (AvgIpc) is 2.81. The molecule has 2 aromatic carbocycles. The van der Waals surface area contributed by atoms with Gasteiger partial charge in [-0.2, -0.15) is 0 Å². The summed E-state index contributed by atoms with van der Waals surface area (Å²) < 4.78 is 5.64. The number of nitrogens with two attached hydrogens (primary N) is 1. The molecule has 2 heterocycles. The van der Waals surface area contributed by atoms with Crippen LogP contribution < -0.4 is 21.1 Å². The van der Waals surface area contributed by atoms with Crippen LogP contribution in [-0.2, 0) is 11.2 Å². The molecule has 0 spiro atoms. The SMILES string of the molecule is CC(NC(=O)c1ccc2c(c1)CCCO2)c1cccc(/C=C/CCC2CC(=O)NC(N)=N2)c1. The van der Waals surface area contributed by atoms with Crippen LogP contribution in [0, 0.1) is 0 Å². The Balaban J connectivity index is 1.33. The molecule has 172 valence electrons. The number of aryl methyl sites for hydroxylation is 1. The highest BCUT2D eigenvalue weighted by Crippen LogP contribution is 2.26. The smallest absolute Gasteiger partial charge is 0.251 e. The Bertz CT molecular complexity index is 1090. The number of guanidine groups is 1. The molecular weight excluding hydrogens is 416 g/mol. The summed E-state index contributed by atoms with van der Waals surface area (Å²) in [6.07, 6.45) is 7.99. The molecule has 0 fully saturated rings. The van der Waals surface area contributed by atoms with Crippen molar-refractivity contribution >= 4 is 23.8 Å². The fraction of sp³-hybridized carbons (Fsp3) is 0.346. The fourth-order valence-electron chi connectivity index (χ4n) is 4.15. The number of carbonyl (C=O) groups excluding carboxylic acids is 2. The average molecular weight is 447 g/mol. The van der Waals surface area contributed by atoms with Crippen molar-refractivity contribution in [3.05, 3.63) is 70.8 Å². The Kier molecular flexibility index (Phi) is 7.07. The highest BCUT2D eigenvalue weighted by atomic mass is 16.5. The lowest BCUT2D eigenvalue weighted by Crippen LogP contribution is -2.43. The summed E-state index contributed by atoms with van der Waals surface area (Å²) in [5.41, 5.74) is 9.46. The third-order valence-electron chi connectivity index (χ3n) is 5.92. The van der Waals surface area contributed by atoms with Crippen LogP contribution in [0.1, 0.15) is 65.7 Å². The van der Waals surface area contributed by atoms with Crippen LogP contribution in [0.25, 0.3) is 6.08 Å². The van der Waals surface area contributed by atoms with Crippen molar-refractivity contribution < 1.29 is 14.3 Å². The number of hydrogen-bond donors (Lipinski definition) is 3. The second kappa shape index (κ2) is 10.3. The number of nitrogens with one attached hydrogen (secondary N) is 2. The van der Waals surface area contributed by atoms with Gasteiger partial charge in [-0.1, -0.05) is 30.4 Å². The molecule has 0 saturated heterocycles. The molecule has 4 rings (SSSR count). The summed E-state index contributed by atoms with van der Waals surface area (Å²) in [5, 5.41) is 5.61. The normalized spacial score (nSPS) is 18.6. The minimum atomic E-state index is -0.129. The van der Waals surface area contributed by atoms with Crippen LogP contribution in [0.2, 0.25) is 0 Å². The van der Waals surface area contributed by atoms with E-state index in [9.17, 15) is 9.59 Å². The van der Waals surface area contributed by atoms with Crippen LogP contribution in [0.3, 0.4) is 0 Å². The zero-order valence-corrected chi connectivity index (χ0v) is 18.8. The predicted octanol–water partition coefficient (Wildman–Crippen LogP) is 3.50. The summed E-state index contributed by atoms with van der Waals surface area (Å²) >= 11 is 0.